The van der Waals surface area contributed by atoms with Gasteiger partial charge in [0.05, 0.1) is 11.6 Å². The fraction of sp³-hybridized carbons (Fsp3) is 0.270. The highest BCUT2D eigenvalue weighted by Gasteiger charge is 2.14. The van der Waals surface area contributed by atoms with Crippen LogP contribution in [0.4, 0.5) is 17.6 Å². The van der Waals surface area contributed by atoms with Gasteiger partial charge in [-0.1, -0.05) is 50.7 Å². The van der Waals surface area contributed by atoms with Gasteiger partial charge in [0.2, 0.25) is 0 Å². The number of hydrogen-bond acceptors (Lipinski definition) is 5. The maximum Gasteiger partial charge on any atom is 0.311 e. The van der Waals surface area contributed by atoms with Crippen molar-refractivity contribution in [3.05, 3.63) is 102 Å². The molecule has 244 valence electrons. The SMILES string of the molecule is N#Cc1ccc(-c2ccc(OC(=O)CCCCCCCCCCC(=O)Oc3ccc(-c4cc(F)c(F)c(P)c4)c(F)c3)cc2F)cc1. The molecule has 1 atom stereocenters. The van der Waals surface area contributed by atoms with Crippen molar-refractivity contribution in [2.45, 2.75) is 64.2 Å². The molecule has 0 amide bonds. The van der Waals surface area contributed by atoms with Crippen molar-refractivity contribution in [3.8, 4) is 39.8 Å². The van der Waals surface area contributed by atoms with Crippen LogP contribution in [0.3, 0.4) is 0 Å². The lowest BCUT2D eigenvalue weighted by atomic mass is 10.0. The molecule has 0 aliphatic rings. The molecule has 0 aromatic heterocycles. The second-order valence-electron chi connectivity index (χ2n) is 11.1. The van der Waals surface area contributed by atoms with Crippen molar-refractivity contribution in [3.63, 3.8) is 0 Å². The molecule has 0 saturated carbocycles. The van der Waals surface area contributed by atoms with E-state index in [4.69, 9.17) is 14.7 Å². The third-order valence-corrected chi connectivity index (χ3v) is 7.97. The third kappa shape index (κ3) is 10.5. The van der Waals surface area contributed by atoms with Crippen molar-refractivity contribution >= 4 is 26.5 Å². The molecular formula is C37H34F4NO4P. The summed E-state index contributed by atoms with van der Waals surface area (Å²) in [5, 5.41) is 8.89. The van der Waals surface area contributed by atoms with E-state index in [0.717, 1.165) is 50.7 Å². The van der Waals surface area contributed by atoms with Crippen LogP contribution in [0, 0.1) is 34.6 Å². The van der Waals surface area contributed by atoms with E-state index in [-0.39, 0.29) is 40.8 Å². The summed E-state index contributed by atoms with van der Waals surface area (Å²) in [7, 11) is 2.07. The molecule has 4 aromatic carbocycles. The van der Waals surface area contributed by atoms with E-state index in [2.05, 4.69) is 9.24 Å². The van der Waals surface area contributed by atoms with E-state index in [1.807, 2.05) is 6.07 Å². The van der Waals surface area contributed by atoms with Crippen LogP contribution >= 0.6 is 9.24 Å². The van der Waals surface area contributed by atoms with Gasteiger partial charge in [-0.15, -0.1) is 9.24 Å². The summed E-state index contributed by atoms with van der Waals surface area (Å²) in [6, 6.07) is 18.9. The molecule has 4 aromatic rings. The van der Waals surface area contributed by atoms with Crippen LogP contribution in [0.25, 0.3) is 22.3 Å². The number of carbonyl (C=O) groups excluding carboxylic acids is 2. The van der Waals surface area contributed by atoms with E-state index < -0.39 is 35.2 Å². The lowest BCUT2D eigenvalue weighted by molar-refractivity contribution is -0.135. The first kappa shape index (κ1) is 35.3. The average Bonchev–Trinajstić information content (AvgIpc) is 3.04. The van der Waals surface area contributed by atoms with Gasteiger partial charge in [0.25, 0.3) is 0 Å². The minimum atomic E-state index is -1.08. The number of hydrogen-bond donors (Lipinski definition) is 0. The number of esters is 2. The second-order valence-corrected chi connectivity index (χ2v) is 11.7. The van der Waals surface area contributed by atoms with Crippen molar-refractivity contribution < 1.29 is 36.6 Å². The molecule has 0 bridgehead atoms. The molecule has 4 rings (SSSR count). The molecule has 0 aliphatic heterocycles. The van der Waals surface area contributed by atoms with Crippen LogP contribution in [0.1, 0.15) is 69.8 Å². The summed E-state index contributed by atoms with van der Waals surface area (Å²) in [4.78, 5) is 24.4. The van der Waals surface area contributed by atoms with Crippen LogP contribution in [0.5, 0.6) is 11.5 Å². The van der Waals surface area contributed by atoms with Gasteiger partial charge in [-0.05, 0) is 72.5 Å². The van der Waals surface area contributed by atoms with E-state index >= 15 is 0 Å². The zero-order valence-electron chi connectivity index (χ0n) is 25.7. The summed E-state index contributed by atoms with van der Waals surface area (Å²) in [5.74, 6) is -4.04. The van der Waals surface area contributed by atoms with Gasteiger partial charge >= 0.3 is 11.9 Å². The Hall–Kier alpha value is -4.54. The highest BCUT2D eigenvalue weighted by atomic mass is 31.0. The van der Waals surface area contributed by atoms with Crippen molar-refractivity contribution in [2.75, 3.05) is 0 Å². The van der Waals surface area contributed by atoms with Gasteiger partial charge in [-0.3, -0.25) is 9.59 Å². The molecule has 5 nitrogen and oxygen atoms in total. The number of nitrogens with zero attached hydrogens (tertiary/aromatic N) is 1. The van der Waals surface area contributed by atoms with E-state index in [1.165, 1.54) is 24.3 Å². The number of carbonyl (C=O) groups is 2. The first-order chi connectivity index (χ1) is 22.6. The van der Waals surface area contributed by atoms with Gasteiger partial charge < -0.3 is 9.47 Å². The fourth-order valence-electron chi connectivity index (χ4n) is 5.04. The Morgan fingerprint density at radius 3 is 1.51 bits per heavy atom. The second kappa shape index (κ2) is 17.4. The van der Waals surface area contributed by atoms with Gasteiger partial charge in [0.1, 0.15) is 23.1 Å². The highest BCUT2D eigenvalue weighted by Crippen LogP contribution is 2.29. The van der Waals surface area contributed by atoms with Crippen molar-refractivity contribution in [1.82, 2.24) is 0 Å². The summed E-state index contributed by atoms with van der Waals surface area (Å²) in [5.41, 5.74) is 1.69. The van der Waals surface area contributed by atoms with Crippen LogP contribution in [-0.4, -0.2) is 11.9 Å². The molecule has 0 fully saturated rings. The first-order valence-electron chi connectivity index (χ1n) is 15.4. The van der Waals surface area contributed by atoms with Gasteiger partial charge in [0.15, 0.2) is 11.6 Å². The standard InChI is InChI=1S/C37H34F4NO4P/c38-31-21-27(15-17-29(31)25-13-11-24(23-42)12-14-25)45-35(43)9-7-5-3-1-2-4-6-8-10-36(44)46-28-16-18-30(32(39)22-28)26-19-33(40)37(41)34(47)20-26/h11-22H,1-10,47H2. The first-order valence-corrected chi connectivity index (χ1v) is 16.0. The fourth-order valence-corrected chi connectivity index (χ4v) is 5.36. The summed E-state index contributed by atoms with van der Waals surface area (Å²) in [6.45, 7) is 0. The van der Waals surface area contributed by atoms with Gasteiger partial charge in [-0.25, -0.2) is 17.6 Å². The largest absolute Gasteiger partial charge is 0.426 e. The minimum Gasteiger partial charge on any atom is -0.426 e. The molecule has 0 saturated heterocycles. The number of ether oxygens (including phenoxy) is 2. The summed E-state index contributed by atoms with van der Waals surface area (Å²) < 4.78 is 67.0. The third-order valence-electron chi connectivity index (χ3n) is 7.55. The Kier molecular flexibility index (Phi) is 13.1. The minimum absolute atomic E-state index is 0.0199. The Bertz CT molecular complexity index is 1730. The van der Waals surface area contributed by atoms with E-state index in [0.29, 0.717) is 29.5 Å². The average molecular weight is 664 g/mol. The van der Waals surface area contributed by atoms with Gasteiger partial charge in [-0.2, -0.15) is 5.26 Å². The van der Waals surface area contributed by atoms with Crippen LogP contribution < -0.4 is 14.8 Å². The predicted octanol–water partition coefficient (Wildman–Crippen LogP) is 9.36. The molecule has 0 radical (unpaired) electrons. The Labute approximate surface area is 273 Å². The van der Waals surface area contributed by atoms with Crippen molar-refractivity contribution in [1.29, 1.82) is 5.26 Å². The number of nitriles is 1. The van der Waals surface area contributed by atoms with Crippen LogP contribution in [0.15, 0.2) is 72.8 Å². The van der Waals surface area contributed by atoms with Crippen LogP contribution in [-0.2, 0) is 9.59 Å². The Balaban J connectivity index is 1.05. The molecular weight excluding hydrogens is 629 g/mol. The predicted molar refractivity (Wildman–Crippen MR) is 175 cm³/mol. The Morgan fingerprint density at radius 1 is 0.596 bits per heavy atom. The number of halogens is 4. The zero-order chi connectivity index (χ0) is 33.8. The quantitative estimate of drug-likeness (QED) is 0.0417. The van der Waals surface area contributed by atoms with Crippen LogP contribution in [0.2, 0.25) is 0 Å². The molecule has 0 N–H and O–H groups in total. The lowest BCUT2D eigenvalue weighted by Crippen LogP contribution is -2.08. The molecule has 47 heavy (non-hydrogen) atoms. The summed E-state index contributed by atoms with van der Waals surface area (Å²) >= 11 is 0. The molecule has 0 aliphatic carbocycles. The number of unbranched alkanes of at least 4 members (excludes halogenated alkanes) is 7. The maximum atomic E-state index is 14.6. The molecule has 0 spiro atoms. The smallest absolute Gasteiger partial charge is 0.311 e. The topological polar surface area (TPSA) is 76.4 Å². The zero-order valence-corrected chi connectivity index (χ0v) is 26.8. The molecule has 0 heterocycles. The normalized spacial score (nSPS) is 10.8. The van der Waals surface area contributed by atoms with Gasteiger partial charge in [0, 0.05) is 41.4 Å². The van der Waals surface area contributed by atoms with Crippen molar-refractivity contribution in [2.24, 2.45) is 0 Å². The maximum absolute atomic E-state index is 14.6. The van der Waals surface area contributed by atoms with E-state index in [9.17, 15) is 27.2 Å². The highest BCUT2D eigenvalue weighted by molar-refractivity contribution is 7.27. The molecule has 1 unspecified atom stereocenters. The number of benzene rings is 4. The summed E-state index contributed by atoms with van der Waals surface area (Å²) in [6.07, 6.45) is 7.28. The monoisotopic (exact) mass is 663 g/mol. The number of rotatable bonds is 15. The molecule has 10 heteroatoms. The van der Waals surface area contributed by atoms with E-state index in [1.54, 1.807) is 36.4 Å². The lowest BCUT2D eigenvalue weighted by Gasteiger charge is -2.09. The Morgan fingerprint density at radius 2 is 1.06 bits per heavy atom.